The van der Waals surface area contributed by atoms with Gasteiger partial charge in [0, 0.05) is 45.1 Å². The van der Waals surface area contributed by atoms with Crippen LogP contribution in [0.3, 0.4) is 0 Å². The zero-order valence-corrected chi connectivity index (χ0v) is 22.5. The highest BCUT2D eigenvalue weighted by atomic mass is 16.6. The van der Waals surface area contributed by atoms with E-state index < -0.39 is 29.5 Å². The van der Waals surface area contributed by atoms with Gasteiger partial charge in [0.05, 0.1) is 17.5 Å². The number of carboxylic acid groups (broad SMARTS) is 1. The van der Waals surface area contributed by atoms with Crippen LogP contribution in [-0.2, 0) is 23.9 Å². The lowest BCUT2D eigenvalue weighted by Crippen LogP contribution is -2.52. The number of piperidine rings is 1. The molecule has 208 valence electrons. The highest BCUT2D eigenvalue weighted by Gasteiger charge is 2.43. The van der Waals surface area contributed by atoms with E-state index in [4.69, 9.17) is 14.2 Å². The number of carbonyl (C=O) groups is 4. The minimum atomic E-state index is -1.05. The fraction of sp³-hybridized carbons (Fsp3) is 0.630. The summed E-state index contributed by atoms with van der Waals surface area (Å²) in [7, 11) is 1.61. The van der Waals surface area contributed by atoms with Crippen molar-refractivity contribution in [2.75, 3.05) is 49.8 Å². The molecule has 2 fully saturated rings. The molecule has 2 heterocycles. The molecule has 0 radical (unpaired) electrons. The molecule has 1 saturated heterocycles. The second-order valence-electron chi connectivity index (χ2n) is 11.1. The van der Waals surface area contributed by atoms with Crippen molar-refractivity contribution in [3.8, 4) is 5.75 Å². The van der Waals surface area contributed by atoms with Gasteiger partial charge in [-0.1, -0.05) is 0 Å². The van der Waals surface area contributed by atoms with Gasteiger partial charge in [-0.15, -0.1) is 0 Å². The number of ether oxygens (including phenoxy) is 3. The Labute approximate surface area is 222 Å². The largest absolute Gasteiger partial charge is 0.482 e. The van der Waals surface area contributed by atoms with Gasteiger partial charge in [-0.25, -0.2) is 4.79 Å². The molecule has 1 saturated carbocycles. The summed E-state index contributed by atoms with van der Waals surface area (Å²) in [4.78, 5) is 56.0. The van der Waals surface area contributed by atoms with E-state index in [0.29, 0.717) is 36.7 Å². The smallest absolute Gasteiger partial charge is 0.410 e. The first-order chi connectivity index (χ1) is 18.0. The average Bonchev–Trinajstić information content (AvgIpc) is 3.69. The molecular weight excluding hydrogens is 494 g/mol. The standard InChI is InChI=1S/C27H37N3O8/c1-27(2,3)38-26(35)28-14-17(12-18(15-28)25(33)34)24(32)30(19-6-7-19)20-8-9-22-21(13-20)29(10-5-11-36-4)23(31)16-37-22/h8-9,13,17-19H,5-7,10-12,14-16H2,1-4H3,(H,33,34)/t17-,18+/m1/s1. The summed E-state index contributed by atoms with van der Waals surface area (Å²) in [6, 6.07) is 5.32. The summed E-state index contributed by atoms with van der Waals surface area (Å²) in [5.74, 6) is -2.47. The first-order valence-corrected chi connectivity index (χ1v) is 13.1. The topological polar surface area (TPSA) is 126 Å². The molecule has 0 unspecified atom stereocenters. The normalized spacial score (nSPS) is 21.4. The van der Waals surface area contributed by atoms with Crippen molar-refractivity contribution in [3.63, 3.8) is 0 Å². The van der Waals surface area contributed by atoms with E-state index in [-0.39, 0.29) is 44.0 Å². The lowest BCUT2D eigenvalue weighted by Gasteiger charge is -2.38. The number of carbonyl (C=O) groups excluding carboxylic acids is 3. The number of hydrogen-bond donors (Lipinski definition) is 1. The van der Waals surface area contributed by atoms with Gasteiger partial charge in [-0.2, -0.15) is 0 Å². The highest BCUT2D eigenvalue weighted by molar-refractivity contribution is 6.01. The zero-order valence-electron chi connectivity index (χ0n) is 22.5. The highest BCUT2D eigenvalue weighted by Crippen LogP contribution is 2.40. The van der Waals surface area contributed by atoms with Crippen LogP contribution in [0.4, 0.5) is 16.2 Å². The Morgan fingerprint density at radius 2 is 1.87 bits per heavy atom. The fourth-order valence-electron chi connectivity index (χ4n) is 4.93. The number of hydrogen-bond acceptors (Lipinski definition) is 7. The van der Waals surface area contributed by atoms with Crippen molar-refractivity contribution in [2.45, 2.75) is 58.1 Å². The molecule has 1 aromatic carbocycles. The van der Waals surface area contributed by atoms with Crippen LogP contribution in [0.2, 0.25) is 0 Å². The minimum Gasteiger partial charge on any atom is -0.482 e. The van der Waals surface area contributed by atoms with Crippen LogP contribution in [-0.4, -0.2) is 85.5 Å². The second-order valence-corrected chi connectivity index (χ2v) is 11.1. The summed E-state index contributed by atoms with van der Waals surface area (Å²) in [5, 5.41) is 9.76. The van der Waals surface area contributed by atoms with Crippen LogP contribution in [0.25, 0.3) is 0 Å². The minimum absolute atomic E-state index is 0.00775. The molecule has 4 rings (SSSR count). The molecule has 0 aromatic heterocycles. The lowest BCUT2D eigenvalue weighted by molar-refractivity contribution is -0.145. The van der Waals surface area contributed by atoms with Gasteiger partial charge in [-0.3, -0.25) is 14.4 Å². The predicted molar refractivity (Wildman–Crippen MR) is 138 cm³/mol. The Morgan fingerprint density at radius 1 is 1.16 bits per heavy atom. The van der Waals surface area contributed by atoms with Crippen molar-refractivity contribution in [1.82, 2.24) is 4.90 Å². The maximum atomic E-state index is 14.0. The van der Waals surface area contributed by atoms with Crippen molar-refractivity contribution in [1.29, 1.82) is 0 Å². The van der Waals surface area contributed by atoms with Gasteiger partial charge in [0.15, 0.2) is 6.61 Å². The van der Waals surface area contributed by atoms with Crippen molar-refractivity contribution in [2.24, 2.45) is 11.8 Å². The molecule has 0 spiro atoms. The van der Waals surface area contributed by atoms with Crippen LogP contribution < -0.4 is 14.5 Å². The fourth-order valence-corrected chi connectivity index (χ4v) is 4.93. The number of likely N-dealkylation sites (tertiary alicyclic amines) is 1. The zero-order chi connectivity index (χ0) is 27.6. The molecule has 1 aliphatic carbocycles. The van der Waals surface area contributed by atoms with Crippen molar-refractivity contribution >= 4 is 35.3 Å². The summed E-state index contributed by atoms with van der Waals surface area (Å²) in [6.07, 6.45) is 1.79. The summed E-state index contributed by atoms with van der Waals surface area (Å²) < 4.78 is 16.2. The predicted octanol–water partition coefficient (Wildman–Crippen LogP) is 2.90. The van der Waals surface area contributed by atoms with Gasteiger partial charge < -0.3 is 34.0 Å². The van der Waals surface area contributed by atoms with Crippen molar-refractivity contribution in [3.05, 3.63) is 18.2 Å². The third kappa shape index (κ3) is 6.38. The number of amides is 3. The molecule has 11 heteroatoms. The average molecular weight is 532 g/mol. The summed E-state index contributed by atoms with van der Waals surface area (Å²) >= 11 is 0. The number of nitrogens with zero attached hydrogens (tertiary/aromatic N) is 3. The Bertz CT molecular complexity index is 1080. The van der Waals surface area contributed by atoms with Gasteiger partial charge >= 0.3 is 12.1 Å². The molecule has 2 aliphatic heterocycles. The van der Waals surface area contributed by atoms with Gasteiger partial charge in [0.2, 0.25) is 5.91 Å². The van der Waals surface area contributed by atoms with E-state index in [1.807, 2.05) is 0 Å². The summed E-state index contributed by atoms with van der Waals surface area (Å²) in [6.45, 7) is 6.20. The molecule has 3 amide bonds. The molecule has 0 bridgehead atoms. The molecular formula is C27H37N3O8. The molecule has 1 aromatic rings. The molecule has 11 nitrogen and oxygen atoms in total. The van der Waals surface area contributed by atoms with E-state index in [0.717, 1.165) is 12.8 Å². The van der Waals surface area contributed by atoms with Crippen LogP contribution in [0.5, 0.6) is 5.75 Å². The van der Waals surface area contributed by atoms with Crippen molar-refractivity contribution < 1.29 is 38.5 Å². The van der Waals surface area contributed by atoms with E-state index >= 15 is 0 Å². The third-order valence-electron chi connectivity index (χ3n) is 6.84. The Morgan fingerprint density at radius 3 is 2.50 bits per heavy atom. The monoisotopic (exact) mass is 531 g/mol. The first-order valence-electron chi connectivity index (χ1n) is 13.1. The maximum absolute atomic E-state index is 14.0. The Balaban J connectivity index is 1.60. The maximum Gasteiger partial charge on any atom is 0.410 e. The SMILES string of the molecule is COCCCN1C(=O)COc2ccc(N(C(=O)[C@@H]3C[C@H](C(=O)O)CN(C(=O)OC(C)(C)C)C3)C3CC3)cc21. The van der Waals surface area contributed by atoms with Gasteiger partial charge in [0.25, 0.3) is 5.91 Å². The lowest BCUT2D eigenvalue weighted by atomic mass is 9.88. The number of anilines is 2. The number of methoxy groups -OCH3 is 1. The Kier molecular flexibility index (Phi) is 8.15. The number of benzene rings is 1. The van der Waals surface area contributed by atoms with E-state index in [2.05, 4.69) is 0 Å². The van der Waals surface area contributed by atoms with E-state index in [9.17, 15) is 24.3 Å². The first kappa shape index (κ1) is 27.7. The van der Waals surface area contributed by atoms with E-state index in [1.54, 1.807) is 55.9 Å². The molecule has 3 aliphatic rings. The van der Waals surface area contributed by atoms with Crippen LogP contribution >= 0.6 is 0 Å². The third-order valence-corrected chi connectivity index (χ3v) is 6.84. The number of carboxylic acids is 1. The van der Waals surface area contributed by atoms with E-state index in [1.165, 1.54) is 4.90 Å². The van der Waals surface area contributed by atoms with Crippen LogP contribution in [0.15, 0.2) is 18.2 Å². The molecule has 1 N–H and O–H groups in total. The van der Waals surface area contributed by atoms with Crippen LogP contribution in [0.1, 0.15) is 46.5 Å². The summed E-state index contributed by atoms with van der Waals surface area (Å²) in [5.41, 5.74) is 0.466. The number of rotatable bonds is 8. The Hall–Kier alpha value is -3.34. The van der Waals surface area contributed by atoms with Gasteiger partial charge in [-0.05, 0) is 64.7 Å². The van der Waals surface area contributed by atoms with Gasteiger partial charge in [0.1, 0.15) is 11.4 Å². The molecule has 38 heavy (non-hydrogen) atoms. The number of aliphatic carboxylic acids is 1. The molecule has 2 atom stereocenters. The second kappa shape index (κ2) is 11.2. The number of fused-ring (bicyclic) bond motifs is 1. The van der Waals surface area contributed by atoms with Crippen LogP contribution in [0, 0.1) is 11.8 Å². The quantitative estimate of drug-likeness (QED) is 0.508.